The van der Waals surface area contributed by atoms with Gasteiger partial charge in [0.05, 0.1) is 12.5 Å². The molecule has 0 amide bonds. The molecule has 0 aliphatic carbocycles. The molecule has 4 heteroatoms. The van der Waals surface area contributed by atoms with Crippen LogP contribution in [0.4, 0.5) is 0 Å². The number of rotatable bonds is 1. The zero-order chi connectivity index (χ0) is 8.27. The summed E-state index contributed by atoms with van der Waals surface area (Å²) in [4.78, 5) is 3.74. The summed E-state index contributed by atoms with van der Waals surface area (Å²) < 4.78 is 0. The lowest BCUT2D eigenvalue weighted by atomic mass is 10.2. The minimum atomic E-state index is 0.307. The Morgan fingerprint density at radius 1 is 1.36 bits per heavy atom. The Hall–Kier alpha value is -0.780. The second-order valence-electron chi connectivity index (χ2n) is 1.96. The summed E-state index contributed by atoms with van der Waals surface area (Å²) in [6, 6.07) is 5.24. The first kappa shape index (κ1) is 8.32. The minimum Gasteiger partial charge on any atom is -0.224 e. The molecule has 0 aliphatic rings. The molecule has 0 radical (unpaired) electrons. The molecule has 0 aliphatic heterocycles. The summed E-state index contributed by atoms with van der Waals surface area (Å²) in [6.07, 6.45) is 0.307. The number of nitriles is 1. The van der Waals surface area contributed by atoms with Gasteiger partial charge in [0.1, 0.15) is 10.3 Å². The van der Waals surface area contributed by atoms with Crippen molar-refractivity contribution in [2.75, 3.05) is 0 Å². The van der Waals surface area contributed by atoms with Gasteiger partial charge >= 0.3 is 0 Å². The Labute approximate surface area is 74.4 Å². The lowest BCUT2D eigenvalue weighted by Gasteiger charge is -1.95. The lowest BCUT2D eigenvalue weighted by molar-refractivity contribution is 1.21. The van der Waals surface area contributed by atoms with Crippen molar-refractivity contribution in [3.8, 4) is 6.07 Å². The Balaban J connectivity index is 3.01. The maximum Gasteiger partial charge on any atom is 0.131 e. The summed E-state index contributed by atoms with van der Waals surface area (Å²) in [5, 5.41) is 8.99. The molecule has 1 aromatic heterocycles. The van der Waals surface area contributed by atoms with Crippen molar-refractivity contribution in [2.45, 2.75) is 6.42 Å². The molecular weight excluding hydrogens is 183 g/mol. The molecule has 0 fully saturated rings. The molecule has 56 valence electrons. The van der Waals surface area contributed by atoms with Crippen molar-refractivity contribution in [3.05, 3.63) is 28.0 Å². The summed E-state index contributed by atoms with van der Waals surface area (Å²) in [6.45, 7) is 0. The third-order valence-electron chi connectivity index (χ3n) is 1.11. The second-order valence-corrected chi connectivity index (χ2v) is 2.73. The molecule has 0 aromatic carbocycles. The van der Waals surface area contributed by atoms with Gasteiger partial charge in [0.2, 0.25) is 0 Å². The van der Waals surface area contributed by atoms with Crippen molar-refractivity contribution >= 4 is 23.2 Å². The van der Waals surface area contributed by atoms with Gasteiger partial charge in [-0.1, -0.05) is 23.2 Å². The fraction of sp³-hybridized carbons (Fsp3) is 0.143. The van der Waals surface area contributed by atoms with Crippen molar-refractivity contribution in [1.29, 1.82) is 5.26 Å². The largest absolute Gasteiger partial charge is 0.224 e. The quantitative estimate of drug-likeness (QED) is 0.633. The van der Waals surface area contributed by atoms with E-state index in [4.69, 9.17) is 28.5 Å². The summed E-state index contributed by atoms with van der Waals surface area (Å²) >= 11 is 11.2. The predicted octanol–water partition coefficient (Wildman–Crippen LogP) is 2.45. The Kier molecular flexibility index (Phi) is 2.70. The third kappa shape index (κ3) is 2.38. The van der Waals surface area contributed by atoms with Crippen LogP contribution in [0.3, 0.4) is 0 Å². The first-order valence-corrected chi connectivity index (χ1v) is 3.67. The van der Waals surface area contributed by atoms with Gasteiger partial charge in [-0.2, -0.15) is 5.26 Å². The van der Waals surface area contributed by atoms with E-state index in [9.17, 15) is 0 Å². The topological polar surface area (TPSA) is 36.7 Å². The molecule has 0 saturated heterocycles. The summed E-state index contributed by atoms with van der Waals surface area (Å²) in [5.41, 5.74) is 0.789. The van der Waals surface area contributed by atoms with Gasteiger partial charge in [-0.05, 0) is 17.7 Å². The molecule has 1 rings (SSSR count). The van der Waals surface area contributed by atoms with Crippen molar-refractivity contribution < 1.29 is 0 Å². The standard InChI is InChI=1S/C7H4Cl2N2/c8-6-3-5(1-2-10)4-7(9)11-6/h3-4H,1H2. The number of nitrogens with zero attached hydrogens (tertiary/aromatic N) is 2. The molecule has 1 aromatic rings. The summed E-state index contributed by atoms with van der Waals surface area (Å²) in [7, 11) is 0. The Bertz CT molecular complexity index is 284. The van der Waals surface area contributed by atoms with Crippen LogP contribution < -0.4 is 0 Å². The highest BCUT2D eigenvalue weighted by atomic mass is 35.5. The van der Waals surface area contributed by atoms with Gasteiger partial charge in [-0.25, -0.2) is 4.98 Å². The van der Waals surface area contributed by atoms with Crippen LogP contribution in [0.25, 0.3) is 0 Å². The predicted molar refractivity (Wildman–Crippen MR) is 43.6 cm³/mol. The molecule has 0 unspecified atom stereocenters. The smallest absolute Gasteiger partial charge is 0.131 e. The van der Waals surface area contributed by atoms with Gasteiger partial charge in [-0.3, -0.25) is 0 Å². The Morgan fingerprint density at radius 3 is 2.36 bits per heavy atom. The van der Waals surface area contributed by atoms with Crippen molar-refractivity contribution in [3.63, 3.8) is 0 Å². The highest BCUT2D eigenvalue weighted by molar-refractivity contribution is 6.32. The van der Waals surface area contributed by atoms with Gasteiger partial charge in [-0.15, -0.1) is 0 Å². The zero-order valence-electron chi connectivity index (χ0n) is 5.51. The molecule has 0 saturated carbocycles. The molecule has 0 atom stereocenters. The number of aromatic nitrogens is 1. The highest BCUT2D eigenvalue weighted by Gasteiger charge is 1.97. The lowest BCUT2D eigenvalue weighted by Crippen LogP contribution is -1.84. The van der Waals surface area contributed by atoms with E-state index in [1.165, 1.54) is 0 Å². The van der Waals surface area contributed by atoms with Gasteiger partial charge in [0.25, 0.3) is 0 Å². The molecule has 0 spiro atoms. The van der Waals surface area contributed by atoms with Gasteiger partial charge < -0.3 is 0 Å². The SMILES string of the molecule is N#CCc1cc(Cl)nc(Cl)c1. The van der Waals surface area contributed by atoms with Crippen LogP contribution in [0.15, 0.2) is 12.1 Å². The van der Waals surface area contributed by atoms with Crippen LogP contribution in [0.1, 0.15) is 5.56 Å². The molecular formula is C7H4Cl2N2. The van der Waals surface area contributed by atoms with E-state index in [-0.39, 0.29) is 0 Å². The van der Waals surface area contributed by atoms with Crippen molar-refractivity contribution in [1.82, 2.24) is 4.98 Å². The molecule has 1 heterocycles. The van der Waals surface area contributed by atoms with E-state index in [0.717, 1.165) is 5.56 Å². The van der Waals surface area contributed by atoms with Crippen LogP contribution in [0.5, 0.6) is 0 Å². The van der Waals surface area contributed by atoms with Crippen molar-refractivity contribution in [2.24, 2.45) is 0 Å². The van der Waals surface area contributed by atoms with Crippen LogP contribution in [-0.2, 0) is 6.42 Å². The van der Waals surface area contributed by atoms with Crippen LogP contribution >= 0.6 is 23.2 Å². The maximum atomic E-state index is 8.34. The average Bonchev–Trinajstić information content (AvgIpc) is 1.85. The van der Waals surface area contributed by atoms with E-state index in [0.29, 0.717) is 16.7 Å². The summed E-state index contributed by atoms with van der Waals surface area (Å²) in [5.74, 6) is 0. The van der Waals surface area contributed by atoms with Crippen LogP contribution in [0.2, 0.25) is 10.3 Å². The number of pyridine rings is 1. The average molecular weight is 187 g/mol. The molecule has 11 heavy (non-hydrogen) atoms. The van der Waals surface area contributed by atoms with Gasteiger partial charge in [0.15, 0.2) is 0 Å². The Morgan fingerprint density at radius 2 is 1.91 bits per heavy atom. The number of hydrogen-bond donors (Lipinski definition) is 0. The first-order valence-electron chi connectivity index (χ1n) is 2.91. The van der Waals surface area contributed by atoms with E-state index in [1.807, 2.05) is 6.07 Å². The van der Waals surface area contributed by atoms with E-state index >= 15 is 0 Å². The zero-order valence-corrected chi connectivity index (χ0v) is 7.02. The maximum absolute atomic E-state index is 8.34. The number of halogens is 2. The van der Waals surface area contributed by atoms with Crippen LogP contribution in [-0.4, -0.2) is 4.98 Å². The fourth-order valence-electron chi connectivity index (χ4n) is 0.708. The fourth-order valence-corrected chi connectivity index (χ4v) is 1.21. The molecule has 0 bridgehead atoms. The third-order valence-corrected chi connectivity index (χ3v) is 1.49. The van der Waals surface area contributed by atoms with E-state index in [1.54, 1.807) is 12.1 Å². The number of hydrogen-bond acceptors (Lipinski definition) is 2. The van der Waals surface area contributed by atoms with Crippen LogP contribution in [0, 0.1) is 11.3 Å². The molecule has 0 N–H and O–H groups in total. The highest BCUT2D eigenvalue weighted by Crippen LogP contribution is 2.14. The molecule has 2 nitrogen and oxygen atoms in total. The monoisotopic (exact) mass is 186 g/mol. The second kappa shape index (κ2) is 3.56. The van der Waals surface area contributed by atoms with Gasteiger partial charge in [0, 0.05) is 0 Å². The minimum absolute atomic E-state index is 0.307. The van der Waals surface area contributed by atoms with E-state index < -0.39 is 0 Å². The van der Waals surface area contributed by atoms with E-state index in [2.05, 4.69) is 4.98 Å². The normalized spacial score (nSPS) is 9.18. The first-order chi connectivity index (χ1) is 5.22.